The van der Waals surface area contributed by atoms with E-state index in [1.54, 1.807) is 48.5 Å². The lowest BCUT2D eigenvalue weighted by Gasteiger charge is -2.36. The van der Waals surface area contributed by atoms with E-state index in [9.17, 15) is 14.4 Å². The number of nitrogens with zero attached hydrogens (tertiary/aromatic N) is 3. The maximum absolute atomic E-state index is 14.9. The van der Waals surface area contributed by atoms with Crippen molar-refractivity contribution in [2.75, 3.05) is 37.4 Å². The number of nitriles is 1. The van der Waals surface area contributed by atoms with E-state index in [0.29, 0.717) is 34.3 Å². The molecule has 0 aliphatic carbocycles. The Kier molecular flexibility index (Phi) is 7.64. The molecule has 0 atom stereocenters. The highest BCUT2D eigenvalue weighted by Crippen LogP contribution is 2.27. The molecule has 0 saturated carbocycles. The Labute approximate surface area is 205 Å². The number of carbonyl (C=O) groups is 1. The second-order valence-electron chi connectivity index (χ2n) is 8.89. The van der Waals surface area contributed by atoms with Gasteiger partial charge < -0.3 is 19.9 Å². The van der Waals surface area contributed by atoms with Gasteiger partial charge in [0.1, 0.15) is 18.2 Å². The van der Waals surface area contributed by atoms with E-state index in [1.807, 2.05) is 12.1 Å². The number of hydrogen-bond acceptors (Lipinski definition) is 5. The van der Waals surface area contributed by atoms with Crippen LogP contribution in [-0.4, -0.2) is 44.0 Å². The van der Waals surface area contributed by atoms with Gasteiger partial charge in [-0.05, 0) is 69.4 Å². The highest BCUT2D eigenvalue weighted by molar-refractivity contribution is 6.04. The highest BCUT2D eigenvalue weighted by atomic mass is 19.1. The van der Waals surface area contributed by atoms with Crippen LogP contribution in [0.2, 0.25) is 0 Å². The molecule has 0 unspecified atom stereocenters. The predicted molar refractivity (Wildman–Crippen MR) is 135 cm³/mol. The van der Waals surface area contributed by atoms with Crippen LogP contribution in [0.5, 0.6) is 5.75 Å². The lowest BCUT2D eigenvalue weighted by atomic mass is 10.0. The van der Waals surface area contributed by atoms with Crippen molar-refractivity contribution in [3.63, 3.8) is 0 Å². The minimum absolute atomic E-state index is 0.216. The molecule has 1 heterocycles. The monoisotopic (exact) mass is 472 g/mol. The zero-order valence-corrected chi connectivity index (χ0v) is 20.0. The number of halogens is 1. The van der Waals surface area contributed by atoms with E-state index >= 15 is 0 Å². The van der Waals surface area contributed by atoms with E-state index < -0.39 is 0 Å². The predicted octanol–water partition coefficient (Wildman–Crippen LogP) is 5.06. The smallest absolute Gasteiger partial charge is 0.255 e. The van der Waals surface area contributed by atoms with Crippen molar-refractivity contribution < 1.29 is 13.9 Å². The number of nitrogens with one attached hydrogen (secondary N) is 1. The molecule has 0 radical (unpaired) electrons. The number of rotatable bonds is 7. The Hall–Kier alpha value is -3.89. The molecule has 1 aliphatic rings. The SMILES string of the molecule is CN(C)C1CCN(c2ccc(NC(=O)c3cccc(OCc4ccccc4C#N)c3)cc2F)CC1. The first kappa shape index (κ1) is 24.2. The third kappa shape index (κ3) is 5.97. The van der Waals surface area contributed by atoms with Crippen molar-refractivity contribution in [1.29, 1.82) is 5.26 Å². The molecule has 1 aliphatic heterocycles. The van der Waals surface area contributed by atoms with Crippen molar-refractivity contribution in [3.05, 3.63) is 89.2 Å². The van der Waals surface area contributed by atoms with Crippen LogP contribution < -0.4 is 15.0 Å². The third-order valence-electron chi connectivity index (χ3n) is 6.37. The van der Waals surface area contributed by atoms with Gasteiger partial charge in [-0.15, -0.1) is 0 Å². The first-order valence-electron chi connectivity index (χ1n) is 11.7. The number of hydrogen-bond donors (Lipinski definition) is 1. The van der Waals surface area contributed by atoms with Crippen LogP contribution in [0, 0.1) is 17.1 Å². The van der Waals surface area contributed by atoms with Crippen molar-refractivity contribution >= 4 is 17.3 Å². The maximum atomic E-state index is 14.9. The van der Waals surface area contributed by atoms with Gasteiger partial charge in [-0.3, -0.25) is 4.79 Å². The van der Waals surface area contributed by atoms with Gasteiger partial charge in [0, 0.05) is 35.9 Å². The molecule has 0 spiro atoms. The van der Waals surface area contributed by atoms with Crippen LogP contribution in [0.1, 0.15) is 34.3 Å². The molecule has 6 nitrogen and oxygen atoms in total. The fourth-order valence-electron chi connectivity index (χ4n) is 4.31. The van der Waals surface area contributed by atoms with E-state index in [1.165, 1.54) is 6.07 Å². The number of ether oxygens (including phenoxy) is 1. The molecule has 0 bridgehead atoms. The van der Waals surface area contributed by atoms with Crippen LogP contribution in [-0.2, 0) is 6.61 Å². The van der Waals surface area contributed by atoms with Gasteiger partial charge in [0.25, 0.3) is 5.91 Å². The standard InChI is InChI=1S/C28H29FN4O2/c1-32(2)24-12-14-33(15-13-24)27-11-10-23(17-26(27)29)31-28(34)20-8-5-9-25(16-20)35-19-22-7-4-3-6-21(22)18-30/h3-11,16-17,24H,12-15,19H2,1-2H3,(H,31,34). The summed E-state index contributed by atoms with van der Waals surface area (Å²) in [5, 5.41) is 12.0. The largest absolute Gasteiger partial charge is 0.489 e. The van der Waals surface area contributed by atoms with E-state index in [0.717, 1.165) is 31.5 Å². The average molecular weight is 473 g/mol. The second kappa shape index (κ2) is 11.0. The summed E-state index contributed by atoms with van der Waals surface area (Å²) in [6.07, 6.45) is 1.98. The number of benzene rings is 3. The van der Waals surface area contributed by atoms with Gasteiger partial charge in [0.05, 0.1) is 17.3 Å². The van der Waals surface area contributed by atoms with Gasteiger partial charge in [-0.2, -0.15) is 5.26 Å². The summed E-state index contributed by atoms with van der Waals surface area (Å²) < 4.78 is 20.7. The van der Waals surface area contributed by atoms with Crippen molar-refractivity contribution in [2.24, 2.45) is 0 Å². The fourth-order valence-corrected chi connectivity index (χ4v) is 4.31. The average Bonchev–Trinajstić information content (AvgIpc) is 2.88. The summed E-state index contributed by atoms with van der Waals surface area (Å²) >= 11 is 0. The van der Waals surface area contributed by atoms with E-state index in [2.05, 4.69) is 35.3 Å². The molecule has 3 aromatic rings. The molecule has 1 N–H and O–H groups in total. The molecule has 0 aromatic heterocycles. The molecule has 4 rings (SSSR count). The van der Waals surface area contributed by atoms with Gasteiger partial charge in [-0.25, -0.2) is 4.39 Å². The Bertz CT molecular complexity index is 1230. The Morgan fingerprint density at radius 2 is 1.89 bits per heavy atom. The van der Waals surface area contributed by atoms with Gasteiger partial charge >= 0.3 is 0 Å². The normalized spacial score (nSPS) is 14.0. The van der Waals surface area contributed by atoms with Gasteiger partial charge in [0.2, 0.25) is 0 Å². The summed E-state index contributed by atoms with van der Waals surface area (Å²) in [4.78, 5) is 17.1. The van der Waals surface area contributed by atoms with Gasteiger partial charge in [-0.1, -0.05) is 24.3 Å². The van der Waals surface area contributed by atoms with Gasteiger partial charge in [0.15, 0.2) is 0 Å². The molecule has 1 fully saturated rings. The summed E-state index contributed by atoms with van der Waals surface area (Å²) in [5.41, 5.74) is 2.67. The highest BCUT2D eigenvalue weighted by Gasteiger charge is 2.22. The summed E-state index contributed by atoms with van der Waals surface area (Å²) in [7, 11) is 4.15. The molecule has 35 heavy (non-hydrogen) atoms. The van der Waals surface area contributed by atoms with Crippen molar-refractivity contribution in [1.82, 2.24) is 4.90 Å². The van der Waals surface area contributed by atoms with Crippen LogP contribution in [0.3, 0.4) is 0 Å². The molecule has 7 heteroatoms. The molecule has 1 amide bonds. The minimum atomic E-state index is -0.355. The minimum Gasteiger partial charge on any atom is -0.489 e. The first-order chi connectivity index (χ1) is 16.9. The molecule has 1 saturated heterocycles. The van der Waals surface area contributed by atoms with Crippen molar-refractivity contribution in [3.8, 4) is 11.8 Å². The zero-order chi connectivity index (χ0) is 24.8. The quantitative estimate of drug-likeness (QED) is 0.521. The Morgan fingerprint density at radius 3 is 2.60 bits per heavy atom. The topological polar surface area (TPSA) is 68.6 Å². The van der Waals surface area contributed by atoms with Crippen LogP contribution in [0.25, 0.3) is 0 Å². The van der Waals surface area contributed by atoms with E-state index in [-0.39, 0.29) is 18.3 Å². The first-order valence-corrected chi connectivity index (χ1v) is 11.7. The summed E-state index contributed by atoms with van der Waals surface area (Å²) in [6, 6.07) is 21.5. The third-order valence-corrected chi connectivity index (χ3v) is 6.37. The Morgan fingerprint density at radius 1 is 1.11 bits per heavy atom. The molecule has 180 valence electrons. The summed E-state index contributed by atoms with van der Waals surface area (Å²) in [5.74, 6) is -0.195. The Balaban J connectivity index is 1.38. The number of amides is 1. The van der Waals surface area contributed by atoms with E-state index in [4.69, 9.17) is 4.74 Å². The lowest BCUT2D eigenvalue weighted by molar-refractivity contribution is 0.102. The lowest BCUT2D eigenvalue weighted by Crippen LogP contribution is -2.42. The number of piperidine rings is 1. The molecule has 3 aromatic carbocycles. The van der Waals surface area contributed by atoms with Crippen molar-refractivity contribution in [2.45, 2.75) is 25.5 Å². The molecular formula is C28H29FN4O2. The summed E-state index contributed by atoms with van der Waals surface area (Å²) in [6.45, 7) is 1.82. The fraction of sp³-hybridized carbons (Fsp3) is 0.286. The number of carbonyl (C=O) groups excluding carboxylic acids is 1. The van der Waals surface area contributed by atoms with Crippen LogP contribution in [0.4, 0.5) is 15.8 Å². The number of anilines is 2. The van der Waals surface area contributed by atoms with Crippen LogP contribution in [0.15, 0.2) is 66.7 Å². The maximum Gasteiger partial charge on any atom is 0.255 e. The second-order valence-corrected chi connectivity index (χ2v) is 8.89. The zero-order valence-electron chi connectivity index (χ0n) is 20.0. The molecular weight excluding hydrogens is 443 g/mol. The van der Waals surface area contributed by atoms with Crippen LogP contribution >= 0.6 is 0 Å².